The minimum Gasteiger partial charge on any atom is -0.288 e. The highest BCUT2D eigenvalue weighted by molar-refractivity contribution is 6.11. The number of Topliss-reactive ketones (excluding diaryl/α,β-unsaturated/α-hetero) is 1. The van der Waals surface area contributed by atoms with Gasteiger partial charge in [-0.1, -0.05) is 42.5 Å². The molecule has 1 aromatic rings. The first-order valence-corrected chi connectivity index (χ1v) is 5.11. The van der Waals surface area contributed by atoms with Crippen LogP contribution in [-0.4, -0.2) is 5.78 Å². The number of hydrogen-bond donors (Lipinski definition) is 0. The predicted molar refractivity (Wildman–Crippen MR) is 61.8 cm³/mol. The Morgan fingerprint density at radius 2 is 1.94 bits per heavy atom. The van der Waals surface area contributed by atoms with Crippen LogP contribution in [0.15, 0.2) is 66.0 Å². The first kappa shape index (κ1) is 10.6. The number of rotatable bonds is 2. The van der Waals surface area contributed by atoms with E-state index < -0.39 is 5.83 Å². The molecule has 1 aliphatic rings. The van der Waals surface area contributed by atoms with E-state index in [1.165, 1.54) is 12.2 Å². The van der Waals surface area contributed by atoms with Crippen LogP contribution in [0.4, 0.5) is 4.39 Å². The number of benzene rings is 1. The van der Waals surface area contributed by atoms with Crippen LogP contribution < -0.4 is 0 Å². The normalized spacial score (nSPS) is 15.1. The van der Waals surface area contributed by atoms with Gasteiger partial charge in [0.1, 0.15) is 5.83 Å². The monoisotopic (exact) mass is 214 g/mol. The lowest BCUT2D eigenvalue weighted by Crippen LogP contribution is -2.03. The number of ketones is 1. The smallest absolute Gasteiger partial charge is 0.195 e. The third kappa shape index (κ3) is 2.16. The van der Waals surface area contributed by atoms with Gasteiger partial charge in [-0.15, -0.1) is 0 Å². The van der Waals surface area contributed by atoms with Gasteiger partial charge < -0.3 is 0 Å². The van der Waals surface area contributed by atoms with Crippen molar-refractivity contribution in [2.24, 2.45) is 0 Å². The first-order chi connectivity index (χ1) is 7.79. The van der Waals surface area contributed by atoms with Gasteiger partial charge in [0.2, 0.25) is 0 Å². The van der Waals surface area contributed by atoms with E-state index in [-0.39, 0.29) is 11.4 Å². The molecule has 16 heavy (non-hydrogen) atoms. The summed E-state index contributed by atoms with van der Waals surface area (Å²) >= 11 is 0. The van der Waals surface area contributed by atoms with Gasteiger partial charge in [-0.25, -0.2) is 4.39 Å². The molecule has 0 unspecified atom stereocenters. The molecular formula is C14H11FO. The van der Waals surface area contributed by atoms with E-state index in [1.807, 2.05) is 12.1 Å². The summed E-state index contributed by atoms with van der Waals surface area (Å²) in [5, 5.41) is 0. The minimum atomic E-state index is -0.446. The van der Waals surface area contributed by atoms with Gasteiger partial charge in [0, 0.05) is 5.56 Å². The van der Waals surface area contributed by atoms with Crippen molar-refractivity contribution < 1.29 is 9.18 Å². The maximum Gasteiger partial charge on any atom is 0.195 e. The molecule has 0 aliphatic heterocycles. The molecular weight excluding hydrogens is 203 g/mol. The van der Waals surface area contributed by atoms with E-state index in [0.717, 1.165) is 0 Å². The van der Waals surface area contributed by atoms with E-state index in [0.29, 0.717) is 12.0 Å². The molecule has 0 saturated heterocycles. The summed E-state index contributed by atoms with van der Waals surface area (Å²) < 4.78 is 13.6. The van der Waals surface area contributed by atoms with Crippen LogP contribution in [0.1, 0.15) is 16.8 Å². The highest BCUT2D eigenvalue weighted by atomic mass is 19.1. The topological polar surface area (TPSA) is 17.1 Å². The van der Waals surface area contributed by atoms with Gasteiger partial charge in [-0.3, -0.25) is 4.79 Å². The van der Waals surface area contributed by atoms with Gasteiger partial charge in [-0.05, 0) is 18.6 Å². The maximum absolute atomic E-state index is 13.6. The van der Waals surface area contributed by atoms with E-state index in [2.05, 4.69) is 0 Å². The molecule has 0 amide bonds. The molecule has 0 fully saturated rings. The molecule has 1 aromatic carbocycles. The molecule has 80 valence electrons. The fourth-order valence-electron chi connectivity index (χ4n) is 1.53. The van der Waals surface area contributed by atoms with Gasteiger partial charge in [-0.2, -0.15) is 0 Å². The summed E-state index contributed by atoms with van der Waals surface area (Å²) in [5.74, 6) is -0.722. The van der Waals surface area contributed by atoms with Crippen molar-refractivity contribution in [3.8, 4) is 0 Å². The summed E-state index contributed by atoms with van der Waals surface area (Å²) in [6.07, 6.45) is 6.97. The predicted octanol–water partition coefficient (Wildman–Crippen LogP) is 3.61. The van der Waals surface area contributed by atoms with Gasteiger partial charge in [0.05, 0.1) is 5.57 Å². The van der Waals surface area contributed by atoms with Crippen LogP contribution in [0, 0.1) is 0 Å². The SMILES string of the molecule is O=C(C1=CC=CCC=C1F)c1ccccc1. The molecule has 0 bridgehead atoms. The fraction of sp³-hybridized carbons (Fsp3) is 0.0714. The molecule has 1 nitrogen and oxygen atoms in total. The van der Waals surface area contributed by atoms with E-state index >= 15 is 0 Å². The third-order valence-corrected chi connectivity index (χ3v) is 2.37. The number of carbonyl (C=O) groups excluding carboxylic acids is 1. The van der Waals surface area contributed by atoms with Crippen molar-refractivity contribution in [1.82, 2.24) is 0 Å². The highest BCUT2D eigenvalue weighted by Crippen LogP contribution is 2.20. The fourth-order valence-corrected chi connectivity index (χ4v) is 1.53. The summed E-state index contributed by atoms with van der Waals surface area (Å²) in [6, 6.07) is 8.73. The van der Waals surface area contributed by atoms with Crippen LogP contribution in [0.3, 0.4) is 0 Å². The Labute approximate surface area is 93.6 Å². The van der Waals surface area contributed by atoms with E-state index in [9.17, 15) is 9.18 Å². The zero-order valence-corrected chi connectivity index (χ0v) is 8.69. The number of halogens is 1. The Hall–Kier alpha value is -1.96. The molecule has 1 aliphatic carbocycles. The van der Waals surface area contributed by atoms with Crippen molar-refractivity contribution in [2.75, 3.05) is 0 Å². The number of allylic oxidation sites excluding steroid dienone is 6. The van der Waals surface area contributed by atoms with Crippen molar-refractivity contribution in [3.63, 3.8) is 0 Å². The Kier molecular flexibility index (Phi) is 3.10. The zero-order valence-electron chi connectivity index (χ0n) is 8.69. The Morgan fingerprint density at radius 1 is 1.19 bits per heavy atom. The number of carbonyl (C=O) groups is 1. The molecule has 2 rings (SSSR count). The Bertz CT molecular complexity index is 481. The number of hydrogen-bond acceptors (Lipinski definition) is 1. The van der Waals surface area contributed by atoms with Gasteiger partial charge >= 0.3 is 0 Å². The van der Waals surface area contributed by atoms with E-state index in [4.69, 9.17) is 0 Å². The Balaban J connectivity index is 2.35. The van der Waals surface area contributed by atoms with Crippen LogP contribution in [0.2, 0.25) is 0 Å². The van der Waals surface area contributed by atoms with Crippen molar-refractivity contribution >= 4 is 5.78 Å². The van der Waals surface area contributed by atoms with Crippen molar-refractivity contribution in [3.05, 3.63) is 71.6 Å². The standard InChI is InChI=1S/C14H11FO/c15-13-10-6-2-5-9-12(13)14(16)11-7-3-1-4-8-11/h1-5,7-10H,6H2. The summed E-state index contributed by atoms with van der Waals surface area (Å²) in [7, 11) is 0. The maximum atomic E-state index is 13.6. The molecule has 0 heterocycles. The van der Waals surface area contributed by atoms with Crippen LogP contribution in [0.25, 0.3) is 0 Å². The minimum absolute atomic E-state index is 0.125. The van der Waals surface area contributed by atoms with Crippen LogP contribution in [0.5, 0.6) is 0 Å². The second-order valence-electron chi connectivity index (χ2n) is 3.49. The summed E-state index contributed by atoms with van der Waals surface area (Å²) in [6.45, 7) is 0. The lowest BCUT2D eigenvalue weighted by Gasteiger charge is -2.02. The molecule has 0 spiro atoms. The molecule has 0 saturated carbocycles. The second-order valence-corrected chi connectivity index (χ2v) is 3.49. The average molecular weight is 214 g/mol. The lowest BCUT2D eigenvalue weighted by molar-refractivity contribution is 0.103. The first-order valence-electron chi connectivity index (χ1n) is 5.11. The zero-order chi connectivity index (χ0) is 11.4. The second kappa shape index (κ2) is 4.71. The molecule has 0 radical (unpaired) electrons. The molecule has 0 atom stereocenters. The Morgan fingerprint density at radius 3 is 2.69 bits per heavy atom. The quantitative estimate of drug-likeness (QED) is 0.687. The summed E-state index contributed by atoms with van der Waals surface area (Å²) in [4.78, 5) is 12.0. The summed E-state index contributed by atoms with van der Waals surface area (Å²) in [5.41, 5.74) is 0.632. The average Bonchev–Trinajstić information content (AvgIpc) is 2.54. The van der Waals surface area contributed by atoms with Crippen LogP contribution in [-0.2, 0) is 0 Å². The molecule has 0 N–H and O–H groups in total. The molecule has 2 heteroatoms. The third-order valence-electron chi connectivity index (χ3n) is 2.37. The van der Waals surface area contributed by atoms with Crippen LogP contribution >= 0.6 is 0 Å². The van der Waals surface area contributed by atoms with Gasteiger partial charge in [0.25, 0.3) is 0 Å². The van der Waals surface area contributed by atoms with Crippen molar-refractivity contribution in [1.29, 1.82) is 0 Å². The highest BCUT2D eigenvalue weighted by Gasteiger charge is 2.16. The lowest BCUT2D eigenvalue weighted by atomic mass is 10.0. The van der Waals surface area contributed by atoms with E-state index in [1.54, 1.807) is 30.3 Å². The molecule has 0 aromatic heterocycles. The van der Waals surface area contributed by atoms with Gasteiger partial charge in [0.15, 0.2) is 5.78 Å². The van der Waals surface area contributed by atoms with Crippen molar-refractivity contribution in [2.45, 2.75) is 6.42 Å². The largest absolute Gasteiger partial charge is 0.288 e.